The molecule has 0 N–H and O–H groups in total. The minimum atomic E-state index is -0.467. The van der Waals surface area contributed by atoms with Gasteiger partial charge in [0, 0.05) is 21.7 Å². The van der Waals surface area contributed by atoms with Crippen molar-refractivity contribution in [1.29, 1.82) is 0 Å². The Morgan fingerprint density at radius 2 is 1.96 bits per heavy atom. The Bertz CT molecular complexity index is 781. The number of Topliss-reactive ketones (excluding diaryl/α,β-unsaturated/α-hetero) is 1. The number of rotatable bonds is 6. The highest BCUT2D eigenvalue weighted by Crippen LogP contribution is 2.21. The van der Waals surface area contributed by atoms with E-state index in [1.165, 1.54) is 20.1 Å². The van der Waals surface area contributed by atoms with Gasteiger partial charge in [0.2, 0.25) is 0 Å². The van der Waals surface area contributed by atoms with Gasteiger partial charge in [-0.1, -0.05) is 28.1 Å². The summed E-state index contributed by atoms with van der Waals surface area (Å²) in [4.78, 5) is 23.3. The SMILES string of the molecule is COc1ccc(C(C)=O)cc1COC(=O)/C=C/c1cccc(Br)c1. The average Bonchev–Trinajstić information content (AvgIpc) is 2.57. The van der Waals surface area contributed by atoms with Gasteiger partial charge in [0.15, 0.2) is 5.78 Å². The van der Waals surface area contributed by atoms with Gasteiger partial charge in [0.25, 0.3) is 0 Å². The number of esters is 1. The fourth-order valence-electron chi connectivity index (χ4n) is 2.08. The molecule has 0 spiro atoms. The molecule has 24 heavy (non-hydrogen) atoms. The smallest absolute Gasteiger partial charge is 0.331 e. The Balaban J connectivity index is 2.03. The summed E-state index contributed by atoms with van der Waals surface area (Å²) in [5.74, 6) is 0.0498. The van der Waals surface area contributed by atoms with E-state index in [1.54, 1.807) is 24.3 Å². The van der Waals surface area contributed by atoms with Crippen LogP contribution in [-0.4, -0.2) is 18.9 Å². The van der Waals surface area contributed by atoms with Crippen molar-refractivity contribution in [2.24, 2.45) is 0 Å². The van der Waals surface area contributed by atoms with Crippen molar-refractivity contribution in [3.8, 4) is 5.75 Å². The zero-order valence-electron chi connectivity index (χ0n) is 13.4. The first-order valence-corrected chi connectivity index (χ1v) is 8.07. The zero-order chi connectivity index (χ0) is 17.5. The maximum absolute atomic E-state index is 11.9. The summed E-state index contributed by atoms with van der Waals surface area (Å²) in [5, 5.41) is 0. The summed E-state index contributed by atoms with van der Waals surface area (Å²) in [5.41, 5.74) is 2.08. The van der Waals surface area contributed by atoms with Crippen molar-refractivity contribution in [2.75, 3.05) is 7.11 Å². The molecule has 4 nitrogen and oxygen atoms in total. The number of halogens is 1. The van der Waals surface area contributed by atoms with Crippen LogP contribution in [0.15, 0.2) is 53.0 Å². The van der Waals surface area contributed by atoms with Gasteiger partial charge in [-0.25, -0.2) is 4.79 Å². The van der Waals surface area contributed by atoms with E-state index in [-0.39, 0.29) is 12.4 Å². The molecule has 0 radical (unpaired) electrons. The maximum atomic E-state index is 11.9. The third-order valence-corrected chi connectivity index (χ3v) is 3.81. The fraction of sp³-hybridized carbons (Fsp3) is 0.158. The first-order valence-electron chi connectivity index (χ1n) is 7.28. The Morgan fingerprint density at radius 3 is 2.62 bits per heavy atom. The quantitative estimate of drug-likeness (QED) is 0.417. The zero-order valence-corrected chi connectivity index (χ0v) is 15.0. The van der Waals surface area contributed by atoms with Crippen molar-refractivity contribution in [1.82, 2.24) is 0 Å². The van der Waals surface area contributed by atoms with E-state index in [1.807, 2.05) is 24.3 Å². The Kier molecular flexibility index (Phi) is 6.32. The van der Waals surface area contributed by atoms with Crippen LogP contribution in [0.25, 0.3) is 6.08 Å². The summed E-state index contributed by atoms with van der Waals surface area (Å²) < 4.78 is 11.4. The van der Waals surface area contributed by atoms with Crippen LogP contribution in [0.1, 0.15) is 28.4 Å². The van der Waals surface area contributed by atoms with Crippen LogP contribution in [0.2, 0.25) is 0 Å². The number of ether oxygens (including phenoxy) is 2. The minimum absolute atomic E-state index is 0.0337. The van der Waals surface area contributed by atoms with Crippen molar-refractivity contribution in [3.63, 3.8) is 0 Å². The molecule has 0 heterocycles. The molecule has 0 aliphatic heterocycles. The second-order valence-corrected chi connectivity index (χ2v) is 5.99. The highest BCUT2D eigenvalue weighted by molar-refractivity contribution is 9.10. The van der Waals surface area contributed by atoms with Crippen molar-refractivity contribution >= 4 is 33.8 Å². The number of methoxy groups -OCH3 is 1. The average molecular weight is 389 g/mol. The standard InChI is InChI=1S/C19H17BrO4/c1-13(21)15-7-8-18(23-2)16(11-15)12-24-19(22)9-6-14-4-3-5-17(20)10-14/h3-11H,12H2,1-2H3/b9-6+. The molecule has 5 heteroatoms. The lowest BCUT2D eigenvalue weighted by atomic mass is 10.1. The lowest BCUT2D eigenvalue weighted by Gasteiger charge is -2.09. The van der Waals surface area contributed by atoms with Gasteiger partial charge in [-0.3, -0.25) is 4.79 Å². The van der Waals surface area contributed by atoms with Gasteiger partial charge in [-0.05, 0) is 48.9 Å². The third-order valence-electron chi connectivity index (χ3n) is 3.32. The van der Waals surface area contributed by atoms with E-state index in [0.717, 1.165) is 10.0 Å². The normalized spacial score (nSPS) is 10.6. The van der Waals surface area contributed by atoms with Gasteiger partial charge in [0.1, 0.15) is 12.4 Å². The van der Waals surface area contributed by atoms with E-state index in [4.69, 9.17) is 9.47 Å². The number of carbonyl (C=O) groups is 2. The predicted molar refractivity (Wildman–Crippen MR) is 96.0 cm³/mol. The molecule has 124 valence electrons. The topological polar surface area (TPSA) is 52.6 Å². The van der Waals surface area contributed by atoms with E-state index < -0.39 is 5.97 Å². The van der Waals surface area contributed by atoms with Crippen LogP contribution >= 0.6 is 15.9 Å². The van der Waals surface area contributed by atoms with Crippen molar-refractivity contribution < 1.29 is 19.1 Å². The van der Waals surface area contributed by atoms with E-state index in [0.29, 0.717) is 16.9 Å². The highest BCUT2D eigenvalue weighted by Gasteiger charge is 2.09. The molecule has 0 atom stereocenters. The van der Waals surface area contributed by atoms with Crippen LogP contribution in [0.5, 0.6) is 5.75 Å². The van der Waals surface area contributed by atoms with Crippen LogP contribution in [0, 0.1) is 0 Å². The van der Waals surface area contributed by atoms with Crippen LogP contribution in [0.3, 0.4) is 0 Å². The van der Waals surface area contributed by atoms with E-state index in [9.17, 15) is 9.59 Å². The minimum Gasteiger partial charge on any atom is -0.496 e. The lowest BCUT2D eigenvalue weighted by Crippen LogP contribution is -2.04. The summed E-state index contributed by atoms with van der Waals surface area (Å²) in [6.07, 6.45) is 3.04. The second kappa shape index (κ2) is 8.45. The molecular weight excluding hydrogens is 372 g/mol. The first-order chi connectivity index (χ1) is 11.5. The number of benzene rings is 2. The monoisotopic (exact) mass is 388 g/mol. The summed E-state index contributed by atoms with van der Waals surface area (Å²) in [7, 11) is 1.53. The molecule has 2 aromatic rings. The molecule has 0 amide bonds. The number of ketones is 1. The number of carbonyl (C=O) groups excluding carboxylic acids is 2. The Labute approximate surface area is 149 Å². The predicted octanol–water partition coefficient (Wildman–Crippen LogP) is 4.42. The van der Waals surface area contributed by atoms with Crippen molar-refractivity contribution in [3.05, 3.63) is 69.7 Å². The van der Waals surface area contributed by atoms with Crippen LogP contribution in [0.4, 0.5) is 0 Å². The van der Waals surface area contributed by atoms with Crippen LogP contribution < -0.4 is 4.74 Å². The number of hydrogen-bond acceptors (Lipinski definition) is 4. The number of hydrogen-bond donors (Lipinski definition) is 0. The lowest BCUT2D eigenvalue weighted by molar-refractivity contribution is -0.138. The molecule has 0 saturated heterocycles. The highest BCUT2D eigenvalue weighted by atomic mass is 79.9. The molecule has 0 saturated carbocycles. The molecule has 2 aromatic carbocycles. The van der Waals surface area contributed by atoms with Gasteiger partial charge >= 0.3 is 5.97 Å². The van der Waals surface area contributed by atoms with Crippen molar-refractivity contribution in [2.45, 2.75) is 13.5 Å². The Morgan fingerprint density at radius 1 is 1.17 bits per heavy atom. The van der Waals surface area contributed by atoms with Crippen LogP contribution in [-0.2, 0) is 16.1 Å². The van der Waals surface area contributed by atoms with Gasteiger partial charge in [-0.15, -0.1) is 0 Å². The summed E-state index contributed by atoms with van der Waals surface area (Å²) in [6.45, 7) is 1.52. The largest absolute Gasteiger partial charge is 0.496 e. The van der Waals surface area contributed by atoms with Gasteiger partial charge in [0.05, 0.1) is 7.11 Å². The molecule has 0 fully saturated rings. The molecule has 2 rings (SSSR count). The molecule has 0 aliphatic rings. The molecule has 0 aliphatic carbocycles. The van der Waals surface area contributed by atoms with Gasteiger partial charge < -0.3 is 9.47 Å². The van der Waals surface area contributed by atoms with E-state index in [2.05, 4.69) is 15.9 Å². The Hall–Kier alpha value is -2.40. The summed E-state index contributed by atoms with van der Waals surface area (Å²) >= 11 is 3.37. The first kappa shape index (κ1) is 17.9. The fourth-order valence-corrected chi connectivity index (χ4v) is 2.50. The van der Waals surface area contributed by atoms with E-state index >= 15 is 0 Å². The molecule has 0 unspecified atom stereocenters. The third kappa shape index (κ3) is 5.06. The molecule has 0 bridgehead atoms. The summed E-state index contributed by atoms with van der Waals surface area (Å²) in [6, 6.07) is 12.6. The maximum Gasteiger partial charge on any atom is 0.331 e. The second-order valence-electron chi connectivity index (χ2n) is 5.08. The molecular formula is C19H17BrO4. The molecule has 0 aromatic heterocycles. The van der Waals surface area contributed by atoms with Gasteiger partial charge in [-0.2, -0.15) is 0 Å².